The standard InChI is InChI=1S/C16H20N4O/c1-11(17)15-10-14(19-21-15)12-4-6-13(7-5-12)16(18)20-8-2-3-9-20/h4-7,10-11,18H,2-3,8-9,17H2,1H3. The molecule has 5 nitrogen and oxygen atoms in total. The smallest absolute Gasteiger partial charge is 0.153 e. The van der Waals surface area contributed by atoms with Gasteiger partial charge in [-0.25, -0.2) is 0 Å². The molecule has 5 heteroatoms. The van der Waals surface area contributed by atoms with Gasteiger partial charge < -0.3 is 15.2 Å². The van der Waals surface area contributed by atoms with Crippen molar-refractivity contribution >= 4 is 5.84 Å². The molecule has 2 heterocycles. The zero-order chi connectivity index (χ0) is 14.8. The monoisotopic (exact) mass is 284 g/mol. The molecule has 1 atom stereocenters. The first-order chi connectivity index (χ1) is 10.1. The molecule has 1 fully saturated rings. The van der Waals surface area contributed by atoms with Crippen LogP contribution in [0.2, 0.25) is 0 Å². The highest BCUT2D eigenvalue weighted by molar-refractivity contribution is 5.96. The summed E-state index contributed by atoms with van der Waals surface area (Å²) in [7, 11) is 0. The third-order valence-electron chi connectivity index (χ3n) is 3.85. The lowest BCUT2D eigenvalue weighted by atomic mass is 10.1. The maximum atomic E-state index is 8.24. The van der Waals surface area contributed by atoms with Crippen molar-refractivity contribution in [1.29, 1.82) is 5.41 Å². The minimum absolute atomic E-state index is 0.158. The van der Waals surface area contributed by atoms with Gasteiger partial charge in [-0.1, -0.05) is 29.4 Å². The predicted octanol–water partition coefficient (Wildman–Crippen LogP) is 2.78. The van der Waals surface area contributed by atoms with Crippen LogP contribution in [-0.4, -0.2) is 29.0 Å². The molecule has 0 spiro atoms. The molecule has 3 rings (SSSR count). The number of benzene rings is 1. The molecule has 1 aliphatic rings. The van der Waals surface area contributed by atoms with Crippen LogP contribution in [0.15, 0.2) is 34.9 Å². The average Bonchev–Trinajstić information content (AvgIpc) is 3.18. The third-order valence-corrected chi connectivity index (χ3v) is 3.85. The summed E-state index contributed by atoms with van der Waals surface area (Å²) in [6.45, 7) is 3.84. The molecule has 1 aliphatic heterocycles. The predicted molar refractivity (Wildman–Crippen MR) is 82.2 cm³/mol. The summed E-state index contributed by atoms with van der Waals surface area (Å²) in [5.41, 5.74) is 8.47. The summed E-state index contributed by atoms with van der Waals surface area (Å²) in [5, 5.41) is 12.3. The fourth-order valence-electron chi connectivity index (χ4n) is 2.56. The Kier molecular flexibility index (Phi) is 3.75. The van der Waals surface area contributed by atoms with Crippen molar-refractivity contribution in [2.75, 3.05) is 13.1 Å². The number of hydrogen-bond acceptors (Lipinski definition) is 4. The van der Waals surface area contributed by atoms with Crippen molar-refractivity contribution in [3.63, 3.8) is 0 Å². The normalized spacial score (nSPS) is 16.2. The Balaban J connectivity index is 1.78. The van der Waals surface area contributed by atoms with E-state index < -0.39 is 0 Å². The van der Waals surface area contributed by atoms with Gasteiger partial charge >= 0.3 is 0 Å². The number of aromatic nitrogens is 1. The Morgan fingerprint density at radius 1 is 1.29 bits per heavy atom. The lowest BCUT2D eigenvalue weighted by molar-refractivity contribution is 0.369. The van der Waals surface area contributed by atoms with Crippen LogP contribution in [0.4, 0.5) is 0 Å². The van der Waals surface area contributed by atoms with Gasteiger partial charge in [-0.3, -0.25) is 5.41 Å². The summed E-state index contributed by atoms with van der Waals surface area (Å²) in [4.78, 5) is 2.12. The number of hydrogen-bond donors (Lipinski definition) is 2. The van der Waals surface area contributed by atoms with Gasteiger partial charge in [-0.2, -0.15) is 0 Å². The molecule has 3 N–H and O–H groups in total. The number of likely N-dealkylation sites (tertiary alicyclic amines) is 1. The van der Waals surface area contributed by atoms with E-state index in [1.165, 1.54) is 12.8 Å². The molecule has 0 bridgehead atoms. The van der Waals surface area contributed by atoms with Crippen LogP contribution >= 0.6 is 0 Å². The van der Waals surface area contributed by atoms with E-state index in [9.17, 15) is 0 Å². The maximum absolute atomic E-state index is 8.24. The van der Waals surface area contributed by atoms with Crippen LogP contribution in [0.1, 0.15) is 37.1 Å². The highest BCUT2D eigenvalue weighted by atomic mass is 16.5. The van der Waals surface area contributed by atoms with Gasteiger partial charge in [0.1, 0.15) is 11.5 Å². The van der Waals surface area contributed by atoms with Gasteiger partial charge in [0.25, 0.3) is 0 Å². The molecule has 1 aromatic heterocycles. The molecular formula is C16H20N4O. The number of amidine groups is 1. The lowest BCUT2D eigenvalue weighted by Crippen LogP contribution is -2.27. The topological polar surface area (TPSA) is 79.1 Å². The van der Waals surface area contributed by atoms with Crippen molar-refractivity contribution < 1.29 is 4.52 Å². The molecule has 0 aliphatic carbocycles. The fourth-order valence-corrected chi connectivity index (χ4v) is 2.56. The van der Waals surface area contributed by atoms with Crippen LogP contribution in [0.5, 0.6) is 0 Å². The van der Waals surface area contributed by atoms with E-state index in [0.29, 0.717) is 11.6 Å². The Morgan fingerprint density at radius 3 is 2.52 bits per heavy atom. The quantitative estimate of drug-likeness (QED) is 0.671. The summed E-state index contributed by atoms with van der Waals surface area (Å²) in [6, 6.07) is 9.59. The largest absolute Gasteiger partial charge is 0.359 e. The van der Waals surface area contributed by atoms with Gasteiger partial charge in [0.15, 0.2) is 5.76 Å². The van der Waals surface area contributed by atoms with Gasteiger partial charge in [-0.15, -0.1) is 0 Å². The van der Waals surface area contributed by atoms with Crippen molar-refractivity contribution in [2.24, 2.45) is 5.73 Å². The number of nitrogens with two attached hydrogens (primary N) is 1. The summed E-state index contributed by atoms with van der Waals surface area (Å²) < 4.78 is 5.21. The number of nitrogens with one attached hydrogen (secondary N) is 1. The first-order valence-corrected chi connectivity index (χ1v) is 7.31. The molecule has 1 saturated heterocycles. The van der Waals surface area contributed by atoms with Crippen LogP contribution in [0, 0.1) is 5.41 Å². The van der Waals surface area contributed by atoms with Gasteiger partial charge in [0, 0.05) is 30.3 Å². The molecule has 1 aromatic carbocycles. The molecule has 2 aromatic rings. The van der Waals surface area contributed by atoms with E-state index in [1.807, 2.05) is 37.3 Å². The number of rotatable bonds is 3. The van der Waals surface area contributed by atoms with E-state index in [0.717, 1.165) is 29.9 Å². The fraction of sp³-hybridized carbons (Fsp3) is 0.375. The van der Waals surface area contributed by atoms with E-state index in [4.69, 9.17) is 15.7 Å². The van der Waals surface area contributed by atoms with Gasteiger partial charge in [0.2, 0.25) is 0 Å². The molecular weight excluding hydrogens is 264 g/mol. The molecule has 110 valence electrons. The number of nitrogens with zero attached hydrogens (tertiary/aromatic N) is 2. The van der Waals surface area contributed by atoms with Crippen molar-refractivity contribution in [1.82, 2.24) is 10.1 Å². The van der Waals surface area contributed by atoms with E-state index in [-0.39, 0.29) is 6.04 Å². The van der Waals surface area contributed by atoms with Crippen molar-refractivity contribution in [3.8, 4) is 11.3 Å². The van der Waals surface area contributed by atoms with Crippen LogP contribution in [-0.2, 0) is 0 Å². The van der Waals surface area contributed by atoms with Gasteiger partial charge in [0.05, 0.1) is 6.04 Å². The first kappa shape index (κ1) is 13.8. The first-order valence-electron chi connectivity index (χ1n) is 7.31. The molecule has 0 saturated carbocycles. The zero-order valence-electron chi connectivity index (χ0n) is 12.2. The molecule has 1 unspecified atom stereocenters. The minimum Gasteiger partial charge on any atom is -0.359 e. The minimum atomic E-state index is -0.158. The Morgan fingerprint density at radius 2 is 1.95 bits per heavy atom. The average molecular weight is 284 g/mol. The second-order valence-electron chi connectivity index (χ2n) is 5.52. The van der Waals surface area contributed by atoms with Crippen molar-refractivity contribution in [2.45, 2.75) is 25.8 Å². The maximum Gasteiger partial charge on any atom is 0.153 e. The second-order valence-corrected chi connectivity index (χ2v) is 5.52. The molecule has 0 radical (unpaired) electrons. The van der Waals surface area contributed by atoms with E-state index in [2.05, 4.69) is 10.1 Å². The Labute approximate surface area is 124 Å². The summed E-state index contributed by atoms with van der Waals surface area (Å²) in [6.07, 6.45) is 2.36. The summed E-state index contributed by atoms with van der Waals surface area (Å²) in [5.74, 6) is 1.29. The lowest BCUT2D eigenvalue weighted by Gasteiger charge is -2.18. The van der Waals surface area contributed by atoms with E-state index in [1.54, 1.807) is 0 Å². The summed E-state index contributed by atoms with van der Waals surface area (Å²) >= 11 is 0. The third kappa shape index (κ3) is 2.83. The highest BCUT2D eigenvalue weighted by Crippen LogP contribution is 2.22. The molecule has 0 amide bonds. The van der Waals surface area contributed by atoms with Crippen LogP contribution in [0.25, 0.3) is 11.3 Å². The van der Waals surface area contributed by atoms with Crippen LogP contribution < -0.4 is 5.73 Å². The molecule has 21 heavy (non-hydrogen) atoms. The Bertz CT molecular complexity index is 624. The SMILES string of the molecule is CC(N)c1cc(-c2ccc(C(=N)N3CCCC3)cc2)no1. The second kappa shape index (κ2) is 5.69. The van der Waals surface area contributed by atoms with E-state index >= 15 is 0 Å². The zero-order valence-corrected chi connectivity index (χ0v) is 12.2. The van der Waals surface area contributed by atoms with Crippen molar-refractivity contribution in [3.05, 3.63) is 41.7 Å². The highest BCUT2D eigenvalue weighted by Gasteiger charge is 2.16. The van der Waals surface area contributed by atoms with Gasteiger partial charge in [-0.05, 0) is 19.8 Å². The van der Waals surface area contributed by atoms with Crippen LogP contribution in [0.3, 0.4) is 0 Å². The Hall–Kier alpha value is -2.14.